The second kappa shape index (κ2) is 10.3. The first-order valence-electron chi connectivity index (χ1n) is 10.1. The first-order chi connectivity index (χ1) is 13.7. The molecule has 1 unspecified atom stereocenters. The van der Waals surface area contributed by atoms with E-state index >= 15 is 0 Å². The van der Waals surface area contributed by atoms with Crippen LogP contribution in [0.15, 0.2) is 42.5 Å². The van der Waals surface area contributed by atoms with Crippen molar-refractivity contribution in [3.63, 3.8) is 0 Å². The quantitative estimate of drug-likeness (QED) is 0.676. The molecular weight excluding hydrogens is 352 g/mol. The monoisotopic (exact) mass is 384 g/mol. The van der Waals surface area contributed by atoms with Crippen molar-refractivity contribution in [3.05, 3.63) is 53.6 Å². The summed E-state index contributed by atoms with van der Waals surface area (Å²) in [5.41, 5.74) is 2.24. The summed E-state index contributed by atoms with van der Waals surface area (Å²) in [6.45, 7) is 8.09. The number of methoxy groups -OCH3 is 2. The molecule has 1 atom stereocenters. The molecule has 0 spiro atoms. The molecule has 1 aliphatic rings. The molecule has 5 heteroatoms. The second-order valence-corrected chi connectivity index (χ2v) is 7.28. The van der Waals surface area contributed by atoms with Crippen LogP contribution in [-0.2, 0) is 13.2 Å². The van der Waals surface area contributed by atoms with Crippen LogP contribution in [0.5, 0.6) is 17.2 Å². The number of benzene rings is 2. The van der Waals surface area contributed by atoms with Crippen LogP contribution in [0.2, 0.25) is 0 Å². The molecule has 0 aliphatic carbocycles. The lowest BCUT2D eigenvalue weighted by Crippen LogP contribution is -2.26. The van der Waals surface area contributed by atoms with Crippen LogP contribution in [0.3, 0.4) is 0 Å². The molecule has 0 amide bonds. The average Bonchev–Trinajstić information content (AvgIpc) is 3.20. The van der Waals surface area contributed by atoms with Gasteiger partial charge in [0.2, 0.25) is 5.75 Å². The van der Waals surface area contributed by atoms with Crippen molar-refractivity contribution < 1.29 is 14.2 Å². The molecule has 0 saturated carbocycles. The first-order valence-corrected chi connectivity index (χ1v) is 10.1. The highest BCUT2D eigenvalue weighted by atomic mass is 16.5. The Morgan fingerprint density at radius 2 is 1.75 bits per heavy atom. The molecule has 2 aromatic carbocycles. The van der Waals surface area contributed by atoms with Crippen LogP contribution in [0.25, 0.3) is 0 Å². The molecule has 1 heterocycles. The minimum atomic E-state index is 0.473. The van der Waals surface area contributed by atoms with Crippen molar-refractivity contribution in [2.75, 3.05) is 40.4 Å². The Labute approximate surface area is 168 Å². The molecule has 1 fully saturated rings. The van der Waals surface area contributed by atoms with Crippen molar-refractivity contribution in [1.29, 1.82) is 0 Å². The summed E-state index contributed by atoms with van der Waals surface area (Å²) in [5, 5.41) is 3.59. The topological polar surface area (TPSA) is 43.0 Å². The first kappa shape index (κ1) is 20.5. The van der Waals surface area contributed by atoms with E-state index in [0.717, 1.165) is 36.7 Å². The number of nitrogens with zero attached hydrogens (tertiary/aromatic N) is 1. The molecule has 1 saturated heterocycles. The Balaban J connectivity index is 1.61. The van der Waals surface area contributed by atoms with Gasteiger partial charge in [-0.1, -0.05) is 37.3 Å². The lowest BCUT2D eigenvalue weighted by molar-refractivity contribution is 0.265. The van der Waals surface area contributed by atoms with Crippen molar-refractivity contribution >= 4 is 0 Å². The fourth-order valence-corrected chi connectivity index (χ4v) is 3.70. The Morgan fingerprint density at radius 3 is 2.36 bits per heavy atom. The highest BCUT2D eigenvalue weighted by molar-refractivity contribution is 5.54. The van der Waals surface area contributed by atoms with Gasteiger partial charge in [0.15, 0.2) is 11.5 Å². The van der Waals surface area contributed by atoms with Crippen LogP contribution in [-0.4, -0.2) is 45.3 Å². The average molecular weight is 385 g/mol. The summed E-state index contributed by atoms with van der Waals surface area (Å²) in [6.07, 6.45) is 1.28. The van der Waals surface area contributed by atoms with Crippen LogP contribution >= 0.6 is 0 Å². The number of likely N-dealkylation sites (tertiary alicyclic amines) is 1. The fourth-order valence-electron chi connectivity index (χ4n) is 3.70. The van der Waals surface area contributed by atoms with Crippen molar-refractivity contribution in [3.8, 4) is 17.2 Å². The van der Waals surface area contributed by atoms with Gasteiger partial charge in [0, 0.05) is 13.1 Å². The highest BCUT2D eigenvalue weighted by Crippen LogP contribution is 2.39. The summed E-state index contributed by atoms with van der Waals surface area (Å²) in [7, 11) is 3.33. The van der Waals surface area contributed by atoms with Crippen molar-refractivity contribution in [1.82, 2.24) is 10.2 Å². The third-order valence-electron chi connectivity index (χ3n) is 5.33. The lowest BCUT2D eigenvalue weighted by Gasteiger charge is -2.17. The molecule has 1 aliphatic heterocycles. The third kappa shape index (κ3) is 5.40. The highest BCUT2D eigenvalue weighted by Gasteiger charge is 2.20. The van der Waals surface area contributed by atoms with Crippen molar-refractivity contribution in [2.24, 2.45) is 5.92 Å². The van der Waals surface area contributed by atoms with Gasteiger partial charge in [0.05, 0.1) is 14.2 Å². The van der Waals surface area contributed by atoms with Crippen molar-refractivity contribution in [2.45, 2.75) is 26.5 Å². The Bertz CT molecular complexity index is 711. The number of ether oxygens (including phenoxy) is 3. The smallest absolute Gasteiger partial charge is 0.203 e. The molecule has 0 bridgehead atoms. The van der Waals surface area contributed by atoms with Crippen LogP contribution < -0.4 is 19.5 Å². The van der Waals surface area contributed by atoms with E-state index in [4.69, 9.17) is 14.2 Å². The molecule has 0 aromatic heterocycles. The summed E-state index contributed by atoms with van der Waals surface area (Å²) in [6, 6.07) is 14.2. The van der Waals surface area contributed by atoms with E-state index < -0.39 is 0 Å². The van der Waals surface area contributed by atoms with Gasteiger partial charge in [0.1, 0.15) is 6.61 Å². The number of hydrogen-bond acceptors (Lipinski definition) is 5. The maximum absolute atomic E-state index is 6.03. The molecule has 1 N–H and O–H groups in total. The normalized spacial score (nSPS) is 16.9. The van der Waals surface area contributed by atoms with Gasteiger partial charge in [-0.15, -0.1) is 0 Å². The molecule has 5 nitrogen and oxygen atoms in total. The van der Waals surface area contributed by atoms with Gasteiger partial charge in [-0.2, -0.15) is 0 Å². The van der Waals surface area contributed by atoms with Gasteiger partial charge >= 0.3 is 0 Å². The Morgan fingerprint density at radius 1 is 1.04 bits per heavy atom. The second-order valence-electron chi connectivity index (χ2n) is 7.28. The van der Waals surface area contributed by atoms with Gasteiger partial charge in [-0.05, 0) is 55.2 Å². The molecule has 28 heavy (non-hydrogen) atoms. The largest absolute Gasteiger partial charge is 0.493 e. The fraction of sp³-hybridized carbons (Fsp3) is 0.478. The SMILES string of the molecule is CCN1CCC(CNCc2cc(OC)c(OCc3ccccc3)c(OC)c2)C1. The maximum atomic E-state index is 6.03. The molecule has 152 valence electrons. The van der Waals surface area contributed by atoms with Gasteiger partial charge in [-0.3, -0.25) is 0 Å². The van der Waals surface area contributed by atoms with Crippen LogP contribution in [0, 0.1) is 5.92 Å². The molecular formula is C23H32N2O3. The minimum absolute atomic E-state index is 0.473. The predicted octanol–water partition coefficient (Wildman–Crippen LogP) is 3.71. The van der Waals surface area contributed by atoms with Gasteiger partial charge in [-0.25, -0.2) is 0 Å². The Kier molecular flexibility index (Phi) is 7.57. The molecule has 2 aromatic rings. The zero-order chi connectivity index (χ0) is 19.8. The van der Waals surface area contributed by atoms with E-state index in [1.54, 1.807) is 14.2 Å². The van der Waals surface area contributed by atoms with Crippen LogP contribution in [0.1, 0.15) is 24.5 Å². The van der Waals surface area contributed by atoms with E-state index in [0.29, 0.717) is 23.9 Å². The summed E-state index contributed by atoms with van der Waals surface area (Å²) in [4.78, 5) is 2.51. The predicted molar refractivity (Wildman–Crippen MR) is 112 cm³/mol. The van der Waals surface area contributed by atoms with E-state index in [9.17, 15) is 0 Å². The zero-order valence-corrected chi connectivity index (χ0v) is 17.2. The van der Waals surface area contributed by atoms with Crippen LogP contribution in [0.4, 0.5) is 0 Å². The number of rotatable bonds is 10. The summed E-state index contributed by atoms with van der Waals surface area (Å²) < 4.78 is 17.2. The van der Waals surface area contributed by atoms with E-state index in [1.807, 2.05) is 42.5 Å². The van der Waals surface area contributed by atoms with E-state index in [-0.39, 0.29) is 0 Å². The summed E-state index contributed by atoms with van der Waals surface area (Å²) >= 11 is 0. The van der Waals surface area contributed by atoms with Gasteiger partial charge < -0.3 is 24.4 Å². The maximum Gasteiger partial charge on any atom is 0.203 e. The zero-order valence-electron chi connectivity index (χ0n) is 17.2. The lowest BCUT2D eigenvalue weighted by atomic mass is 10.1. The standard InChI is InChI=1S/C23H32N2O3/c1-4-25-11-10-19(16-25)14-24-15-20-12-21(26-2)23(22(13-20)27-3)28-17-18-8-6-5-7-9-18/h5-9,12-13,19,24H,4,10-11,14-17H2,1-3H3. The molecule has 3 rings (SSSR count). The summed E-state index contributed by atoms with van der Waals surface area (Å²) in [5.74, 6) is 2.78. The minimum Gasteiger partial charge on any atom is -0.493 e. The van der Waals surface area contributed by atoms with E-state index in [2.05, 4.69) is 17.1 Å². The van der Waals surface area contributed by atoms with E-state index in [1.165, 1.54) is 19.5 Å². The Hall–Kier alpha value is -2.24. The number of nitrogens with one attached hydrogen (secondary N) is 1. The third-order valence-corrected chi connectivity index (χ3v) is 5.33. The molecule has 0 radical (unpaired) electrons. The van der Waals surface area contributed by atoms with Gasteiger partial charge in [0.25, 0.3) is 0 Å². The number of hydrogen-bond donors (Lipinski definition) is 1.